The molecule has 0 aliphatic carbocycles. The monoisotopic (exact) mass is 337 g/mol. The van der Waals surface area contributed by atoms with Crippen LogP contribution in [0.25, 0.3) is 0 Å². The van der Waals surface area contributed by atoms with Crippen LogP contribution >= 0.6 is 15.9 Å². The summed E-state index contributed by atoms with van der Waals surface area (Å²) in [4.78, 5) is 24.7. The normalized spacial score (nSPS) is 11.2. The van der Waals surface area contributed by atoms with Crippen molar-refractivity contribution in [2.75, 3.05) is 11.9 Å². The number of amides is 2. The summed E-state index contributed by atoms with van der Waals surface area (Å²) in [6.07, 6.45) is 14.5. The van der Waals surface area contributed by atoms with E-state index in [9.17, 15) is 9.59 Å². The van der Waals surface area contributed by atoms with E-state index in [2.05, 4.69) is 29.1 Å². The van der Waals surface area contributed by atoms with Crippen molar-refractivity contribution in [3.63, 3.8) is 0 Å². The van der Waals surface area contributed by atoms with E-state index in [1.54, 1.807) is 36.5 Å². The number of hydrogen-bond acceptors (Lipinski definition) is 2. The number of alkyl halides is 1. The van der Waals surface area contributed by atoms with E-state index in [1.165, 1.54) is 11.0 Å². The smallest absolute Gasteiger partial charge is 0.253 e. The fourth-order valence-electron chi connectivity index (χ4n) is 1.30. The highest BCUT2D eigenvalue weighted by Gasteiger charge is 2.15. The second kappa shape index (κ2) is 12.4. The molecule has 0 heterocycles. The third-order valence-corrected chi connectivity index (χ3v) is 2.85. The summed E-state index contributed by atoms with van der Waals surface area (Å²) in [7, 11) is 0. The first-order valence-corrected chi connectivity index (χ1v) is 7.45. The van der Waals surface area contributed by atoms with Crippen molar-refractivity contribution in [2.24, 2.45) is 0 Å². The second-order valence-electron chi connectivity index (χ2n) is 3.79. The molecule has 108 valence electrons. The first kappa shape index (κ1) is 18.3. The lowest BCUT2D eigenvalue weighted by molar-refractivity contribution is -0.138. The van der Waals surface area contributed by atoms with Crippen LogP contribution in [0, 0.1) is 0 Å². The van der Waals surface area contributed by atoms with Gasteiger partial charge in [0.15, 0.2) is 0 Å². The van der Waals surface area contributed by atoms with Crippen molar-refractivity contribution < 1.29 is 9.59 Å². The number of unbranched alkanes of at least 4 members (excludes halogenated alkanes) is 1. The van der Waals surface area contributed by atoms with Gasteiger partial charge in [-0.1, -0.05) is 65.5 Å². The molecule has 3 nitrogen and oxygen atoms in total. The first-order chi connectivity index (χ1) is 9.67. The van der Waals surface area contributed by atoms with Gasteiger partial charge in [0.05, 0.1) is 0 Å². The van der Waals surface area contributed by atoms with Crippen LogP contribution < -0.4 is 0 Å². The molecule has 0 spiro atoms. The molecule has 0 rings (SSSR count). The minimum absolute atomic E-state index is 0.332. The van der Waals surface area contributed by atoms with E-state index in [0.29, 0.717) is 6.54 Å². The number of rotatable bonds is 9. The zero-order valence-electron chi connectivity index (χ0n) is 11.5. The molecule has 0 fully saturated rings. The highest BCUT2D eigenvalue weighted by Crippen LogP contribution is 2.01. The molecule has 0 aromatic rings. The van der Waals surface area contributed by atoms with Gasteiger partial charge in [0, 0.05) is 18.0 Å². The van der Waals surface area contributed by atoms with Crippen molar-refractivity contribution in [3.8, 4) is 0 Å². The average Bonchev–Trinajstić information content (AvgIpc) is 2.46. The summed E-state index contributed by atoms with van der Waals surface area (Å²) in [6.45, 7) is 7.36. The molecule has 0 aromatic heterocycles. The van der Waals surface area contributed by atoms with Gasteiger partial charge in [0.25, 0.3) is 11.8 Å². The van der Waals surface area contributed by atoms with Crippen LogP contribution in [0.3, 0.4) is 0 Å². The molecule has 0 atom stereocenters. The Bertz CT molecular complexity index is 422. The topological polar surface area (TPSA) is 37.4 Å². The highest BCUT2D eigenvalue weighted by molar-refractivity contribution is 9.09. The van der Waals surface area contributed by atoms with Gasteiger partial charge in [-0.15, -0.1) is 0 Å². The van der Waals surface area contributed by atoms with Gasteiger partial charge in [0.1, 0.15) is 0 Å². The van der Waals surface area contributed by atoms with Crippen molar-refractivity contribution in [1.82, 2.24) is 4.90 Å². The Morgan fingerprint density at radius 3 is 2.20 bits per heavy atom. The fourth-order valence-corrected chi connectivity index (χ4v) is 1.70. The van der Waals surface area contributed by atoms with Gasteiger partial charge >= 0.3 is 0 Å². The average molecular weight is 338 g/mol. The zero-order chi connectivity index (χ0) is 15.2. The lowest BCUT2D eigenvalue weighted by Gasteiger charge is -2.16. The summed E-state index contributed by atoms with van der Waals surface area (Å²) in [5, 5.41) is 0.853. The van der Waals surface area contributed by atoms with Gasteiger partial charge in [-0.05, 0) is 18.9 Å². The molecule has 0 aliphatic rings. The Labute approximate surface area is 129 Å². The molecule has 0 aromatic carbocycles. The number of nitrogens with zero attached hydrogens (tertiary/aromatic N) is 1. The maximum atomic E-state index is 11.9. The number of halogens is 1. The van der Waals surface area contributed by atoms with E-state index < -0.39 is 0 Å². The number of carbonyl (C=O) groups excluding carboxylic acids is 2. The van der Waals surface area contributed by atoms with E-state index in [4.69, 9.17) is 0 Å². The SMILES string of the molecule is C=C/C=C/C=C\C=C\C(=O)N(CCCCBr)C(=O)C=C. The van der Waals surface area contributed by atoms with Crippen LogP contribution in [0.1, 0.15) is 12.8 Å². The van der Waals surface area contributed by atoms with Crippen LogP contribution in [-0.2, 0) is 9.59 Å². The minimum Gasteiger partial charge on any atom is -0.275 e. The minimum atomic E-state index is -0.371. The van der Waals surface area contributed by atoms with Gasteiger partial charge < -0.3 is 0 Å². The molecule has 0 unspecified atom stereocenters. The van der Waals surface area contributed by atoms with Crippen LogP contribution in [0.4, 0.5) is 0 Å². The van der Waals surface area contributed by atoms with E-state index >= 15 is 0 Å². The molecule has 0 saturated heterocycles. The number of carbonyl (C=O) groups is 2. The Kier molecular flexibility index (Phi) is 11.3. The lowest BCUT2D eigenvalue weighted by Crippen LogP contribution is -2.35. The maximum absolute atomic E-state index is 11.9. The molecular formula is C16H20BrNO2. The molecule has 4 heteroatoms. The third-order valence-electron chi connectivity index (χ3n) is 2.29. The van der Waals surface area contributed by atoms with Crippen LogP contribution in [0.15, 0.2) is 61.8 Å². The molecule has 2 amide bonds. The van der Waals surface area contributed by atoms with Crippen molar-refractivity contribution in [1.29, 1.82) is 0 Å². The van der Waals surface area contributed by atoms with Gasteiger partial charge in [-0.25, -0.2) is 0 Å². The molecule has 0 saturated carbocycles. The second-order valence-corrected chi connectivity index (χ2v) is 4.59. The molecule has 0 bridgehead atoms. The summed E-state index contributed by atoms with van der Waals surface area (Å²) in [6, 6.07) is 0. The quantitative estimate of drug-likeness (QED) is 0.279. The maximum Gasteiger partial charge on any atom is 0.253 e. The van der Waals surface area contributed by atoms with Gasteiger partial charge in [-0.2, -0.15) is 0 Å². The standard InChI is InChI=1S/C16H20BrNO2/c1-3-5-6-7-8-9-12-16(20)18(15(19)4-2)14-11-10-13-17/h3-9,12H,1-2,10-11,13-14H2/b6-5+,8-7-,12-9+. The molecule has 0 N–H and O–H groups in total. The summed E-state index contributed by atoms with van der Waals surface area (Å²) < 4.78 is 0. The third kappa shape index (κ3) is 8.43. The lowest BCUT2D eigenvalue weighted by atomic mass is 10.3. The summed E-state index contributed by atoms with van der Waals surface area (Å²) in [5.41, 5.74) is 0. The number of hydrogen-bond donors (Lipinski definition) is 0. The summed E-state index contributed by atoms with van der Waals surface area (Å²) >= 11 is 3.32. The largest absolute Gasteiger partial charge is 0.275 e. The van der Waals surface area contributed by atoms with E-state index in [1.807, 2.05) is 0 Å². The van der Waals surface area contributed by atoms with E-state index in [-0.39, 0.29) is 11.8 Å². The van der Waals surface area contributed by atoms with Crippen LogP contribution in [0.2, 0.25) is 0 Å². The van der Waals surface area contributed by atoms with Crippen LogP contribution in [-0.4, -0.2) is 28.6 Å². The van der Waals surface area contributed by atoms with Crippen LogP contribution in [0.5, 0.6) is 0 Å². The number of imide groups is 1. The van der Waals surface area contributed by atoms with Crippen molar-refractivity contribution in [2.45, 2.75) is 12.8 Å². The Hall–Kier alpha value is -1.68. The Balaban J connectivity index is 4.53. The molecule has 20 heavy (non-hydrogen) atoms. The first-order valence-electron chi connectivity index (χ1n) is 6.33. The Morgan fingerprint density at radius 2 is 1.60 bits per heavy atom. The Morgan fingerprint density at radius 1 is 0.950 bits per heavy atom. The molecular weight excluding hydrogens is 318 g/mol. The van der Waals surface area contributed by atoms with Crippen molar-refractivity contribution >= 4 is 27.7 Å². The predicted octanol–water partition coefficient (Wildman–Crippen LogP) is 3.56. The summed E-state index contributed by atoms with van der Waals surface area (Å²) in [5.74, 6) is -0.702. The van der Waals surface area contributed by atoms with E-state index in [0.717, 1.165) is 24.2 Å². The van der Waals surface area contributed by atoms with Crippen molar-refractivity contribution in [3.05, 3.63) is 61.8 Å². The fraction of sp³-hybridized carbons (Fsp3) is 0.250. The highest BCUT2D eigenvalue weighted by atomic mass is 79.9. The number of allylic oxidation sites excluding steroid dienone is 6. The van der Waals surface area contributed by atoms with Gasteiger partial charge in [-0.3, -0.25) is 14.5 Å². The predicted molar refractivity (Wildman–Crippen MR) is 87.6 cm³/mol. The molecule has 0 radical (unpaired) electrons. The molecule has 0 aliphatic heterocycles. The van der Waals surface area contributed by atoms with Gasteiger partial charge in [0.2, 0.25) is 0 Å². The zero-order valence-corrected chi connectivity index (χ0v) is 13.1.